The summed E-state index contributed by atoms with van der Waals surface area (Å²) in [6.07, 6.45) is 0.335. The number of carbonyl (C=O) groups excluding carboxylic acids is 2. The van der Waals surface area contributed by atoms with Gasteiger partial charge < -0.3 is 20.1 Å². The number of carbonyl (C=O) groups is 3. The minimum atomic E-state index is -1.02. The summed E-state index contributed by atoms with van der Waals surface area (Å²) in [7, 11) is 0. The fourth-order valence-electron chi connectivity index (χ4n) is 2.73. The first kappa shape index (κ1) is 17.8. The van der Waals surface area contributed by atoms with Crippen LogP contribution < -0.4 is 10.1 Å². The van der Waals surface area contributed by atoms with E-state index in [-0.39, 0.29) is 11.8 Å². The van der Waals surface area contributed by atoms with Crippen molar-refractivity contribution in [1.82, 2.24) is 10.2 Å². The number of hydrogen-bond acceptors (Lipinski definition) is 4. The maximum absolute atomic E-state index is 12.7. The van der Waals surface area contributed by atoms with E-state index >= 15 is 0 Å². The van der Waals surface area contributed by atoms with Crippen LogP contribution in [-0.2, 0) is 9.59 Å². The van der Waals surface area contributed by atoms with Gasteiger partial charge in [-0.3, -0.25) is 4.79 Å². The molecule has 24 heavy (non-hydrogen) atoms. The van der Waals surface area contributed by atoms with Gasteiger partial charge in [0.05, 0.1) is 0 Å². The monoisotopic (exact) mass is 334 g/mol. The van der Waals surface area contributed by atoms with Crippen molar-refractivity contribution in [2.45, 2.75) is 38.8 Å². The van der Waals surface area contributed by atoms with Crippen molar-refractivity contribution < 1.29 is 24.2 Å². The van der Waals surface area contributed by atoms with Gasteiger partial charge in [0.15, 0.2) is 0 Å². The van der Waals surface area contributed by atoms with Gasteiger partial charge in [-0.2, -0.15) is 0 Å². The first-order chi connectivity index (χ1) is 11.4. The third-order valence-electron chi connectivity index (χ3n) is 3.98. The molecule has 2 N–H and O–H groups in total. The fraction of sp³-hybridized carbons (Fsp3) is 0.471. The maximum atomic E-state index is 12.7. The zero-order valence-corrected chi connectivity index (χ0v) is 13.8. The molecule has 2 rings (SSSR count). The summed E-state index contributed by atoms with van der Waals surface area (Å²) >= 11 is 0. The number of ether oxygens (including phenoxy) is 1. The van der Waals surface area contributed by atoms with E-state index in [0.717, 1.165) is 0 Å². The third kappa shape index (κ3) is 4.24. The van der Waals surface area contributed by atoms with Gasteiger partial charge >= 0.3 is 12.1 Å². The van der Waals surface area contributed by atoms with E-state index < -0.39 is 24.1 Å². The quantitative estimate of drug-likeness (QED) is 0.857. The van der Waals surface area contributed by atoms with Crippen LogP contribution in [-0.4, -0.2) is 46.6 Å². The highest BCUT2D eigenvalue weighted by Gasteiger charge is 2.38. The van der Waals surface area contributed by atoms with Crippen LogP contribution in [0.15, 0.2) is 30.3 Å². The maximum Gasteiger partial charge on any atom is 0.413 e. The van der Waals surface area contributed by atoms with Crippen molar-refractivity contribution >= 4 is 18.0 Å². The molecule has 1 aromatic carbocycles. The molecule has 0 aliphatic carbocycles. The Morgan fingerprint density at radius 1 is 1.25 bits per heavy atom. The molecule has 1 aromatic rings. The molecule has 1 fully saturated rings. The summed E-state index contributed by atoms with van der Waals surface area (Å²) in [5, 5.41) is 11.8. The van der Waals surface area contributed by atoms with Gasteiger partial charge in [0.1, 0.15) is 17.8 Å². The number of rotatable bonds is 5. The number of aliphatic carboxylic acids is 1. The van der Waals surface area contributed by atoms with E-state index in [1.807, 2.05) is 0 Å². The Kier molecular flexibility index (Phi) is 5.78. The lowest BCUT2D eigenvalue weighted by atomic mass is 10.0. The van der Waals surface area contributed by atoms with E-state index in [1.165, 1.54) is 4.90 Å². The molecule has 0 radical (unpaired) electrons. The summed E-state index contributed by atoms with van der Waals surface area (Å²) in [5.41, 5.74) is 0. The second-order valence-corrected chi connectivity index (χ2v) is 6.10. The van der Waals surface area contributed by atoms with E-state index in [2.05, 4.69) is 5.32 Å². The third-order valence-corrected chi connectivity index (χ3v) is 3.98. The normalized spacial score (nSPS) is 18.3. The summed E-state index contributed by atoms with van der Waals surface area (Å²) in [5.74, 6) is -1.24. The number of likely N-dealkylation sites (tertiary alicyclic amines) is 1. The molecule has 7 heteroatoms. The molecule has 7 nitrogen and oxygen atoms in total. The Balaban J connectivity index is 2.04. The van der Waals surface area contributed by atoms with Crippen molar-refractivity contribution in [3.63, 3.8) is 0 Å². The summed E-state index contributed by atoms with van der Waals surface area (Å²) in [6, 6.07) is 6.86. The smallest absolute Gasteiger partial charge is 0.413 e. The van der Waals surface area contributed by atoms with Crippen LogP contribution in [0.25, 0.3) is 0 Å². The van der Waals surface area contributed by atoms with E-state index in [9.17, 15) is 19.5 Å². The Morgan fingerprint density at radius 2 is 1.92 bits per heavy atom. The molecule has 1 aliphatic rings. The van der Waals surface area contributed by atoms with Crippen molar-refractivity contribution in [1.29, 1.82) is 0 Å². The molecular weight excluding hydrogens is 312 g/mol. The van der Waals surface area contributed by atoms with Crippen molar-refractivity contribution in [2.75, 3.05) is 6.54 Å². The van der Waals surface area contributed by atoms with Gasteiger partial charge in [-0.05, 0) is 30.9 Å². The Hall–Kier alpha value is -2.57. The predicted molar refractivity (Wildman–Crippen MR) is 86.6 cm³/mol. The molecule has 1 saturated heterocycles. The van der Waals surface area contributed by atoms with Crippen LogP contribution in [0.5, 0.6) is 5.75 Å². The average molecular weight is 334 g/mol. The summed E-state index contributed by atoms with van der Waals surface area (Å²) < 4.78 is 5.15. The Morgan fingerprint density at radius 3 is 2.50 bits per heavy atom. The highest BCUT2D eigenvalue weighted by molar-refractivity contribution is 5.90. The van der Waals surface area contributed by atoms with Gasteiger partial charge in [0.25, 0.3) is 0 Å². The minimum Gasteiger partial charge on any atom is -0.480 e. The minimum absolute atomic E-state index is 0.198. The highest BCUT2D eigenvalue weighted by atomic mass is 16.6. The van der Waals surface area contributed by atoms with Crippen molar-refractivity contribution in [2.24, 2.45) is 5.92 Å². The first-order valence-electron chi connectivity index (χ1n) is 7.97. The van der Waals surface area contributed by atoms with Crippen LogP contribution in [0.3, 0.4) is 0 Å². The number of nitrogens with one attached hydrogen (secondary N) is 1. The number of para-hydroxylation sites is 1. The molecule has 130 valence electrons. The molecular formula is C17H22N2O5. The highest BCUT2D eigenvalue weighted by Crippen LogP contribution is 2.20. The molecule has 0 bridgehead atoms. The topological polar surface area (TPSA) is 95.9 Å². The number of benzene rings is 1. The van der Waals surface area contributed by atoms with E-state index in [0.29, 0.717) is 25.1 Å². The number of amides is 2. The molecule has 0 spiro atoms. The van der Waals surface area contributed by atoms with E-state index in [4.69, 9.17) is 4.74 Å². The van der Waals surface area contributed by atoms with Crippen LogP contribution in [0.1, 0.15) is 26.7 Å². The second kappa shape index (κ2) is 7.81. The van der Waals surface area contributed by atoms with Gasteiger partial charge in [-0.15, -0.1) is 0 Å². The van der Waals surface area contributed by atoms with Gasteiger partial charge in [-0.25, -0.2) is 9.59 Å². The molecule has 1 aliphatic heterocycles. The Bertz CT molecular complexity index is 602. The van der Waals surface area contributed by atoms with Crippen LogP contribution in [0.2, 0.25) is 0 Å². The summed E-state index contributed by atoms with van der Waals surface area (Å²) in [6.45, 7) is 3.96. The number of hydrogen-bond donors (Lipinski definition) is 2. The SMILES string of the molecule is CC(C)[C@H](NC(=O)Oc1ccccc1)C(=O)N1CCC[C@H]1C(=O)O. The lowest BCUT2D eigenvalue weighted by Gasteiger charge is -2.29. The van der Waals surface area contributed by atoms with Crippen LogP contribution in [0.4, 0.5) is 4.79 Å². The van der Waals surface area contributed by atoms with Crippen molar-refractivity contribution in [3.05, 3.63) is 30.3 Å². The standard InChI is InChI=1S/C17H22N2O5/c1-11(2)14(15(20)19-10-6-9-13(19)16(21)22)18-17(23)24-12-7-4-3-5-8-12/h3-5,7-8,11,13-14H,6,9-10H2,1-2H3,(H,18,23)(H,21,22)/t13-,14-/m0/s1. The largest absolute Gasteiger partial charge is 0.480 e. The van der Waals surface area contributed by atoms with Gasteiger partial charge in [0.2, 0.25) is 5.91 Å². The Labute approximate surface area is 140 Å². The molecule has 0 aromatic heterocycles. The first-order valence-corrected chi connectivity index (χ1v) is 7.97. The fourth-order valence-corrected chi connectivity index (χ4v) is 2.73. The number of carboxylic acids is 1. The summed E-state index contributed by atoms with van der Waals surface area (Å²) in [4.78, 5) is 37.3. The number of carboxylic acid groups (broad SMARTS) is 1. The average Bonchev–Trinajstić information content (AvgIpc) is 3.02. The molecule has 0 saturated carbocycles. The molecule has 2 amide bonds. The lowest BCUT2D eigenvalue weighted by molar-refractivity contribution is -0.149. The second-order valence-electron chi connectivity index (χ2n) is 6.10. The zero-order chi connectivity index (χ0) is 17.7. The predicted octanol–water partition coefficient (Wildman–Crippen LogP) is 1.88. The lowest BCUT2D eigenvalue weighted by Crippen LogP contribution is -2.54. The molecule has 2 atom stereocenters. The molecule has 0 unspecified atom stereocenters. The molecule has 1 heterocycles. The van der Waals surface area contributed by atoms with Crippen molar-refractivity contribution in [3.8, 4) is 5.75 Å². The van der Waals surface area contributed by atoms with Crippen LogP contribution in [0, 0.1) is 5.92 Å². The number of nitrogens with zero attached hydrogens (tertiary/aromatic N) is 1. The van der Waals surface area contributed by atoms with Crippen LogP contribution >= 0.6 is 0 Å². The van der Waals surface area contributed by atoms with Gasteiger partial charge in [0, 0.05) is 6.54 Å². The van der Waals surface area contributed by atoms with Gasteiger partial charge in [-0.1, -0.05) is 32.0 Å². The van der Waals surface area contributed by atoms with E-state index in [1.54, 1.807) is 44.2 Å². The zero-order valence-electron chi connectivity index (χ0n) is 13.8.